The Morgan fingerprint density at radius 2 is 1.18 bits per heavy atom. The van der Waals surface area contributed by atoms with Crippen LogP contribution >= 0.6 is 0 Å². The quantitative estimate of drug-likeness (QED) is 0.404. The lowest BCUT2D eigenvalue weighted by Crippen LogP contribution is -1.86. The van der Waals surface area contributed by atoms with E-state index >= 15 is 0 Å². The van der Waals surface area contributed by atoms with Crippen molar-refractivity contribution in [2.45, 2.75) is 0 Å². The molecule has 0 atom stereocenters. The van der Waals surface area contributed by atoms with Gasteiger partial charge in [-0.05, 0) is 38.2 Å². The minimum Gasteiger partial charge on any atom is -0.0984 e. The molecule has 0 aliphatic heterocycles. The zero-order valence-electron chi connectivity index (χ0n) is 12.3. The van der Waals surface area contributed by atoms with Gasteiger partial charge in [0.25, 0.3) is 0 Å². The van der Waals surface area contributed by atoms with Crippen LogP contribution in [0.1, 0.15) is 5.56 Å². The third-order valence-corrected chi connectivity index (χ3v) is 4.26. The molecule has 0 saturated carbocycles. The average Bonchev–Trinajstić information content (AvgIpc) is 2.60. The Labute approximate surface area is 130 Å². The van der Waals surface area contributed by atoms with Crippen LogP contribution in [0.15, 0.2) is 85.4 Å². The molecule has 0 N–H and O–H groups in total. The summed E-state index contributed by atoms with van der Waals surface area (Å²) in [5.74, 6) is 0. The molecule has 0 aliphatic carbocycles. The van der Waals surface area contributed by atoms with Gasteiger partial charge in [-0.15, -0.1) is 0 Å². The van der Waals surface area contributed by atoms with Gasteiger partial charge in [0, 0.05) is 0 Å². The molecule has 0 amide bonds. The Hall–Kier alpha value is -2.86. The molecular formula is C22H16. The zero-order valence-corrected chi connectivity index (χ0v) is 12.3. The van der Waals surface area contributed by atoms with E-state index in [0.29, 0.717) is 0 Å². The molecule has 0 saturated heterocycles. The highest BCUT2D eigenvalue weighted by Gasteiger charge is 2.08. The van der Waals surface area contributed by atoms with Gasteiger partial charge >= 0.3 is 0 Å². The minimum absolute atomic E-state index is 1.18. The molecule has 0 nitrogen and oxygen atoms in total. The molecule has 0 heteroatoms. The van der Waals surface area contributed by atoms with Crippen LogP contribution in [0, 0.1) is 0 Å². The molecule has 0 radical (unpaired) electrons. The highest BCUT2D eigenvalue weighted by molar-refractivity contribution is 6.07. The standard InChI is InChI=1S/C22H16/c1-2-16-14-15-22(20-12-6-5-10-18(16)20)21-13-7-9-17-8-3-4-11-19(17)21/h2-15H,1H2. The first-order chi connectivity index (χ1) is 10.9. The third-order valence-electron chi connectivity index (χ3n) is 4.26. The van der Waals surface area contributed by atoms with Crippen molar-refractivity contribution >= 4 is 27.6 Å². The maximum absolute atomic E-state index is 3.93. The number of rotatable bonds is 2. The maximum Gasteiger partial charge on any atom is -0.00987 e. The SMILES string of the molecule is C=Cc1ccc(-c2cccc3ccccc23)c2ccccc12. The van der Waals surface area contributed by atoms with Crippen LogP contribution in [0.25, 0.3) is 38.7 Å². The summed E-state index contributed by atoms with van der Waals surface area (Å²) in [7, 11) is 0. The van der Waals surface area contributed by atoms with Crippen LogP contribution in [0.3, 0.4) is 0 Å². The summed E-state index contributed by atoms with van der Waals surface area (Å²) in [6.07, 6.45) is 1.93. The van der Waals surface area contributed by atoms with Crippen molar-refractivity contribution < 1.29 is 0 Å². The lowest BCUT2D eigenvalue weighted by molar-refractivity contribution is 1.67. The predicted molar refractivity (Wildman–Crippen MR) is 97.0 cm³/mol. The lowest BCUT2D eigenvalue weighted by Gasteiger charge is -2.12. The highest BCUT2D eigenvalue weighted by Crippen LogP contribution is 2.35. The predicted octanol–water partition coefficient (Wildman–Crippen LogP) is 6.30. The minimum atomic E-state index is 1.18. The number of hydrogen-bond donors (Lipinski definition) is 0. The van der Waals surface area contributed by atoms with Crippen LogP contribution in [0.5, 0.6) is 0 Å². The number of benzene rings is 4. The Morgan fingerprint density at radius 1 is 0.545 bits per heavy atom. The second-order valence-electron chi connectivity index (χ2n) is 5.48. The molecule has 4 rings (SSSR count). The second kappa shape index (κ2) is 5.16. The van der Waals surface area contributed by atoms with E-state index in [-0.39, 0.29) is 0 Å². The van der Waals surface area contributed by atoms with Gasteiger partial charge in [-0.3, -0.25) is 0 Å². The molecule has 0 heterocycles. The lowest BCUT2D eigenvalue weighted by atomic mass is 9.92. The number of fused-ring (bicyclic) bond motifs is 2. The van der Waals surface area contributed by atoms with Crippen molar-refractivity contribution in [1.82, 2.24) is 0 Å². The molecular weight excluding hydrogens is 264 g/mol. The van der Waals surface area contributed by atoms with Crippen molar-refractivity contribution in [1.29, 1.82) is 0 Å². The Kier molecular flexibility index (Phi) is 3.01. The van der Waals surface area contributed by atoms with E-state index < -0.39 is 0 Å². The molecule has 0 bridgehead atoms. The first-order valence-electron chi connectivity index (χ1n) is 7.51. The summed E-state index contributed by atoms with van der Waals surface area (Å²) in [6.45, 7) is 3.93. The maximum atomic E-state index is 3.93. The summed E-state index contributed by atoms with van der Waals surface area (Å²) in [5, 5.41) is 5.09. The van der Waals surface area contributed by atoms with Crippen molar-refractivity contribution in [3.63, 3.8) is 0 Å². The van der Waals surface area contributed by atoms with Gasteiger partial charge in [-0.25, -0.2) is 0 Å². The van der Waals surface area contributed by atoms with Gasteiger partial charge in [-0.2, -0.15) is 0 Å². The smallest absolute Gasteiger partial charge is 0.00987 e. The van der Waals surface area contributed by atoms with Gasteiger partial charge in [0.1, 0.15) is 0 Å². The topological polar surface area (TPSA) is 0 Å². The average molecular weight is 280 g/mol. The van der Waals surface area contributed by atoms with Crippen LogP contribution in [-0.4, -0.2) is 0 Å². The molecule has 4 aromatic rings. The van der Waals surface area contributed by atoms with Crippen LogP contribution in [0.2, 0.25) is 0 Å². The van der Waals surface area contributed by atoms with Crippen molar-refractivity contribution in [2.24, 2.45) is 0 Å². The molecule has 104 valence electrons. The van der Waals surface area contributed by atoms with Crippen molar-refractivity contribution in [2.75, 3.05) is 0 Å². The summed E-state index contributed by atoms with van der Waals surface area (Å²) < 4.78 is 0. The fraction of sp³-hybridized carbons (Fsp3) is 0. The van der Waals surface area contributed by atoms with Crippen molar-refractivity contribution in [3.05, 3.63) is 91.0 Å². The third kappa shape index (κ3) is 1.93. The van der Waals surface area contributed by atoms with Gasteiger partial charge < -0.3 is 0 Å². The zero-order chi connectivity index (χ0) is 14.9. The second-order valence-corrected chi connectivity index (χ2v) is 5.48. The fourth-order valence-electron chi connectivity index (χ4n) is 3.20. The van der Waals surface area contributed by atoms with Crippen LogP contribution in [0.4, 0.5) is 0 Å². The molecule has 0 aromatic heterocycles. The highest BCUT2D eigenvalue weighted by atomic mass is 14.1. The van der Waals surface area contributed by atoms with E-state index in [1.807, 2.05) is 6.08 Å². The molecule has 0 unspecified atom stereocenters. The molecule has 0 fully saturated rings. The van der Waals surface area contributed by atoms with Crippen LogP contribution in [-0.2, 0) is 0 Å². The first kappa shape index (κ1) is 12.8. The number of hydrogen-bond acceptors (Lipinski definition) is 0. The molecule has 0 spiro atoms. The summed E-state index contributed by atoms with van der Waals surface area (Å²) in [6, 6.07) is 28.0. The van der Waals surface area contributed by atoms with Gasteiger partial charge in [0.2, 0.25) is 0 Å². The van der Waals surface area contributed by atoms with E-state index in [4.69, 9.17) is 0 Å². The molecule has 0 aliphatic rings. The van der Waals surface area contributed by atoms with E-state index in [2.05, 4.69) is 85.4 Å². The summed E-state index contributed by atoms with van der Waals surface area (Å²) in [4.78, 5) is 0. The Bertz CT molecular complexity index is 988. The van der Waals surface area contributed by atoms with E-state index in [1.54, 1.807) is 0 Å². The van der Waals surface area contributed by atoms with E-state index in [9.17, 15) is 0 Å². The van der Waals surface area contributed by atoms with Gasteiger partial charge in [0.05, 0.1) is 0 Å². The van der Waals surface area contributed by atoms with Crippen LogP contribution < -0.4 is 0 Å². The first-order valence-corrected chi connectivity index (χ1v) is 7.51. The van der Waals surface area contributed by atoms with E-state index in [0.717, 1.165) is 0 Å². The summed E-state index contributed by atoms with van der Waals surface area (Å²) in [5.41, 5.74) is 3.74. The van der Waals surface area contributed by atoms with E-state index in [1.165, 1.54) is 38.2 Å². The monoisotopic (exact) mass is 280 g/mol. The molecule has 4 aromatic carbocycles. The Morgan fingerprint density at radius 3 is 2.00 bits per heavy atom. The van der Waals surface area contributed by atoms with Gasteiger partial charge in [-0.1, -0.05) is 91.5 Å². The normalized spacial score (nSPS) is 10.9. The largest absolute Gasteiger partial charge is 0.0984 e. The fourth-order valence-corrected chi connectivity index (χ4v) is 3.20. The molecule has 22 heavy (non-hydrogen) atoms. The van der Waals surface area contributed by atoms with Gasteiger partial charge in [0.15, 0.2) is 0 Å². The van der Waals surface area contributed by atoms with Crippen molar-refractivity contribution in [3.8, 4) is 11.1 Å². The summed E-state index contributed by atoms with van der Waals surface area (Å²) >= 11 is 0. The Balaban J connectivity index is 2.12.